The number of nitrogens with zero attached hydrogens (tertiary/aromatic N) is 1. The van der Waals surface area contributed by atoms with E-state index in [9.17, 15) is 0 Å². The first-order chi connectivity index (χ1) is 8.58. The molecule has 2 rings (SSSR count). The van der Waals surface area contributed by atoms with E-state index in [4.69, 9.17) is 5.73 Å². The van der Waals surface area contributed by atoms with Gasteiger partial charge in [-0.25, -0.2) is 0 Å². The van der Waals surface area contributed by atoms with Crippen LogP contribution in [0.4, 0.5) is 0 Å². The second-order valence-electron chi connectivity index (χ2n) is 5.86. The summed E-state index contributed by atoms with van der Waals surface area (Å²) >= 11 is 0. The maximum absolute atomic E-state index is 6.05. The topological polar surface area (TPSA) is 29.3 Å². The second-order valence-corrected chi connectivity index (χ2v) is 5.86. The molecule has 0 amide bonds. The van der Waals surface area contributed by atoms with Crippen LogP contribution in [0.15, 0.2) is 18.2 Å². The predicted octanol–water partition coefficient (Wildman–Crippen LogP) is 2.86. The van der Waals surface area contributed by atoms with E-state index >= 15 is 0 Å². The zero-order chi connectivity index (χ0) is 13.1. The predicted molar refractivity (Wildman–Crippen MR) is 77.6 cm³/mol. The lowest BCUT2D eigenvalue weighted by Gasteiger charge is -2.35. The quantitative estimate of drug-likeness (QED) is 0.888. The Bertz CT molecular complexity index is 398. The minimum absolute atomic E-state index is 0.325. The highest BCUT2D eigenvalue weighted by Crippen LogP contribution is 2.22. The van der Waals surface area contributed by atoms with Gasteiger partial charge in [0.1, 0.15) is 0 Å². The van der Waals surface area contributed by atoms with E-state index in [0.29, 0.717) is 12.0 Å². The molecule has 1 aromatic rings. The maximum atomic E-state index is 6.05. The third-order valence-corrected chi connectivity index (χ3v) is 4.40. The van der Waals surface area contributed by atoms with Crippen molar-refractivity contribution in [2.75, 3.05) is 13.1 Å². The summed E-state index contributed by atoms with van der Waals surface area (Å²) in [5.74, 6) is 0.670. The zero-order valence-electron chi connectivity index (χ0n) is 11.9. The smallest absolute Gasteiger partial charge is 0.0236 e. The van der Waals surface area contributed by atoms with Crippen molar-refractivity contribution in [3.05, 3.63) is 34.9 Å². The molecular weight excluding hydrogens is 220 g/mol. The van der Waals surface area contributed by atoms with Crippen molar-refractivity contribution in [3.63, 3.8) is 0 Å². The summed E-state index contributed by atoms with van der Waals surface area (Å²) in [4.78, 5) is 2.57. The Morgan fingerprint density at radius 3 is 2.89 bits per heavy atom. The van der Waals surface area contributed by atoms with Crippen LogP contribution in [0.2, 0.25) is 0 Å². The molecular formula is C16H26N2. The molecule has 0 spiro atoms. The molecule has 2 unspecified atom stereocenters. The van der Waals surface area contributed by atoms with E-state index in [1.165, 1.54) is 36.1 Å². The molecule has 1 heterocycles. The number of benzene rings is 1. The fourth-order valence-electron chi connectivity index (χ4n) is 2.89. The standard InChI is InChI=1S/C16H26N2/c1-12-6-4-7-15(13(12)2)10-18-9-5-8-16(11-18)14(3)17/h4,6-7,14,16H,5,8-11,17H2,1-3H3. The average molecular weight is 246 g/mol. The number of rotatable bonds is 3. The Hall–Kier alpha value is -0.860. The molecule has 1 aromatic carbocycles. The van der Waals surface area contributed by atoms with Gasteiger partial charge in [0.25, 0.3) is 0 Å². The third kappa shape index (κ3) is 3.12. The molecule has 0 saturated carbocycles. The summed E-state index contributed by atoms with van der Waals surface area (Å²) in [6.07, 6.45) is 2.58. The van der Waals surface area contributed by atoms with Gasteiger partial charge in [-0.1, -0.05) is 18.2 Å². The lowest BCUT2D eigenvalue weighted by molar-refractivity contribution is 0.154. The fraction of sp³-hybridized carbons (Fsp3) is 0.625. The van der Waals surface area contributed by atoms with Gasteiger partial charge in [0, 0.05) is 19.1 Å². The second kappa shape index (κ2) is 5.85. The van der Waals surface area contributed by atoms with Crippen molar-refractivity contribution < 1.29 is 0 Å². The molecule has 1 aliphatic rings. The molecule has 2 heteroatoms. The monoisotopic (exact) mass is 246 g/mol. The van der Waals surface area contributed by atoms with Gasteiger partial charge >= 0.3 is 0 Å². The van der Waals surface area contributed by atoms with Crippen LogP contribution in [0.25, 0.3) is 0 Å². The van der Waals surface area contributed by atoms with Crippen molar-refractivity contribution >= 4 is 0 Å². The molecule has 2 atom stereocenters. The first kappa shape index (κ1) is 13.6. The van der Waals surface area contributed by atoms with Gasteiger partial charge < -0.3 is 5.73 Å². The normalized spacial score (nSPS) is 23.0. The van der Waals surface area contributed by atoms with Crippen LogP contribution < -0.4 is 5.73 Å². The van der Waals surface area contributed by atoms with E-state index in [-0.39, 0.29) is 0 Å². The van der Waals surface area contributed by atoms with Crippen LogP contribution in [-0.4, -0.2) is 24.0 Å². The minimum atomic E-state index is 0.325. The van der Waals surface area contributed by atoms with E-state index < -0.39 is 0 Å². The molecule has 0 aromatic heterocycles. The minimum Gasteiger partial charge on any atom is -0.328 e. The van der Waals surface area contributed by atoms with Gasteiger partial charge in [-0.05, 0) is 62.8 Å². The zero-order valence-corrected chi connectivity index (χ0v) is 11.9. The number of aryl methyl sites for hydroxylation is 1. The van der Waals surface area contributed by atoms with Gasteiger partial charge in [-0.2, -0.15) is 0 Å². The number of piperidine rings is 1. The Morgan fingerprint density at radius 2 is 2.17 bits per heavy atom. The SMILES string of the molecule is Cc1cccc(CN2CCCC(C(C)N)C2)c1C. The number of hydrogen-bond acceptors (Lipinski definition) is 2. The van der Waals surface area contributed by atoms with E-state index in [0.717, 1.165) is 13.1 Å². The first-order valence-electron chi connectivity index (χ1n) is 7.11. The van der Waals surface area contributed by atoms with Crippen molar-refractivity contribution in [1.29, 1.82) is 0 Å². The Labute approximate surface area is 111 Å². The van der Waals surface area contributed by atoms with Crippen molar-refractivity contribution in [3.8, 4) is 0 Å². The van der Waals surface area contributed by atoms with E-state index in [2.05, 4.69) is 43.9 Å². The highest BCUT2D eigenvalue weighted by molar-refractivity contribution is 5.33. The van der Waals surface area contributed by atoms with Crippen molar-refractivity contribution in [1.82, 2.24) is 4.90 Å². The fourth-order valence-corrected chi connectivity index (χ4v) is 2.89. The lowest BCUT2D eigenvalue weighted by atomic mass is 9.91. The largest absolute Gasteiger partial charge is 0.328 e. The van der Waals surface area contributed by atoms with Crippen LogP contribution in [0.1, 0.15) is 36.5 Å². The summed E-state index contributed by atoms with van der Waals surface area (Å²) in [6, 6.07) is 6.95. The van der Waals surface area contributed by atoms with Crippen LogP contribution in [0.5, 0.6) is 0 Å². The van der Waals surface area contributed by atoms with Gasteiger partial charge in [0.2, 0.25) is 0 Å². The molecule has 100 valence electrons. The lowest BCUT2D eigenvalue weighted by Crippen LogP contribution is -2.42. The Balaban J connectivity index is 2.03. The molecule has 1 aliphatic heterocycles. The molecule has 2 N–H and O–H groups in total. The highest BCUT2D eigenvalue weighted by Gasteiger charge is 2.22. The number of hydrogen-bond donors (Lipinski definition) is 1. The van der Waals surface area contributed by atoms with Crippen LogP contribution in [0.3, 0.4) is 0 Å². The molecule has 0 bridgehead atoms. The van der Waals surface area contributed by atoms with E-state index in [1.54, 1.807) is 0 Å². The Kier molecular flexibility index (Phi) is 4.41. The summed E-state index contributed by atoms with van der Waals surface area (Å²) in [6.45, 7) is 10.0. The van der Waals surface area contributed by atoms with Gasteiger partial charge in [0.15, 0.2) is 0 Å². The number of likely N-dealkylation sites (tertiary alicyclic amines) is 1. The summed E-state index contributed by atoms with van der Waals surface area (Å²) < 4.78 is 0. The Morgan fingerprint density at radius 1 is 1.39 bits per heavy atom. The van der Waals surface area contributed by atoms with Crippen LogP contribution in [-0.2, 0) is 6.54 Å². The average Bonchev–Trinajstić information content (AvgIpc) is 2.35. The first-order valence-corrected chi connectivity index (χ1v) is 7.11. The van der Waals surface area contributed by atoms with Gasteiger partial charge in [-0.3, -0.25) is 4.90 Å². The van der Waals surface area contributed by atoms with Crippen LogP contribution >= 0.6 is 0 Å². The molecule has 1 fully saturated rings. The highest BCUT2D eigenvalue weighted by atomic mass is 15.1. The number of nitrogens with two attached hydrogens (primary N) is 1. The van der Waals surface area contributed by atoms with Crippen LogP contribution in [0, 0.1) is 19.8 Å². The summed E-state index contributed by atoms with van der Waals surface area (Å²) in [5.41, 5.74) is 10.4. The summed E-state index contributed by atoms with van der Waals surface area (Å²) in [5, 5.41) is 0. The van der Waals surface area contributed by atoms with Crippen molar-refractivity contribution in [2.45, 2.75) is 46.2 Å². The van der Waals surface area contributed by atoms with Gasteiger partial charge in [0.05, 0.1) is 0 Å². The molecule has 1 saturated heterocycles. The van der Waals surface area contributed by atoms with E-state index in [1.807, 2.05) is 0 Å². The molecule has 18 heavy (non-hydrogen) atoms. The summed E-state index contributed by atoms with van der Waals surface area (Å²) in [7, 11) is 0. The van der Waals surface area contributed by atoms with Gasteiger partial charge in [-0.15, -0.1) is 0 Å². The molecule has 0 radical (unpaired) electrons. The molecule has 0 aliphatic carbocycles. The third-order valence-electron chi connectivity index (χ3n) is 4.40. The maximum Gasteiger partial charge on any atom is 0.0236 e. The molecule has 2 nitrogen and oxygen atoms in total. The van der Waals surface area contributed by atoms with Crippen molar-refractivity contribution in [2.24, 2.45) is 11.7 Å².